The lowest BCUT2D eigenvalue weighted by Crippen LogP contribution is -2.11. The number of hydrogen-bond donors (Lipinski definition) is 0. The topological polar surface area (TPSA) is 43.4 Å². The maximum atomic E-state index is 11.4. The van der Waals surface area contributed by atoms with Crippen LogP contribution in [0.2, 0.25) is 0 Å². The highest BCUT2D eigenvalue weighted by molar-refractivity contribution is 5.84. The van der Waals surface area contributed by atoms with Crippen molar-refractivity contribution in [3.63, 3.8) is 0 Å². The Kier molecular flexibility index (Phi) is 2.74. The summed E-state index contributed by atoms with van der Waals surface area (Å²) in [5, 5.41) is 0. The molecule has 13 heavy (non-hydrogen) atoms. The minimum Gasteiger partial charge on any atom is -0.465 e. The molecule has 0 aromatic heterocycles. The van der Waals surface area contributed by atoms with Gasteiger partial charge >= 0.3 is 5.97 Å². The molecule has 0 bridgehead atoms. The Morgan fingerprint density at radius 1 is 1.54 bits per heavy atom. The SMILES string of the molecule is CCCOC(=O)C1C(C=O)C1(C)C. The van der Waals surface area contributed by atoms with E-state index in [1.807, 2.05) is 20.8 Å². The Balaban J connectivity index is 2.46. The largest absolute Gasteiger partial charge is 0.465 e. The third kappa shape index (κ3) is 1.74. The Hall–Kier alpha value is -0.860. The van der Waals surface area contributed by atoms with Crippen molar-refractivity contribution in [2.24, 2.45) is 17.3 Å². The van der Waals surface area contributed by atoms with Gasteiger partial charge in [0.1, 0.15) is 6.29 Å². The first-order chi connectivity index (χ1) is 6.05. The van der Waals surface area contributed by atoms with Crippen LogP contribution in [0.3, 0.4) is 0 Å². The molecule has 0 N–H and O–H groups in total. The number of hydrogen-bond acceptors (Lipinski definition) is 3. The van der Waals surface area contributed by atoms with Crippen molar-refractivity contribution in [3.8, 4) is 0 Å². The minimum atomic E-state index is -0.219. The Morgan fingerprint density at radius 2 is 2.15 bits per heavy atom. The van der Waals surface area contributed by atoms with E-state index in [2.05, 4.69) is 0 Å². The lowest BCUT2D eigenvalue weighted by Gasteiger charge is -2.03. The van der Waals surface area contributed by atoms with Gasteiger partial charge in [-0.05, 0) is 11.8 Å². The number of aldehydes is 1. The second kappa shape index (κ2) is 3.48. The molecular formula is C10H16O3. The smallest absolute Gasteiger partial charge is 0.310 e. The Morgan fingerprint density at radius 3 is 2.54 bits per heavy atom. The van der Waals surface area contributed by atoms with Crippen LogP contribution in [0.4, 0.5) is 0 Å². The van der Waals surface area contributed by atoms with Crippen molar-refractivity contribution in [2.75, 3.05) is 6.61 Å². The minimum absolute atomic E-state index is 0.142. The van der Waals surface area contributed by atoms with Crippen molar-refractivity contribution >= 4 is 12.3 Å². The van der Waals surface area contributed by atoms with Crippen LogP contribution in [0.15, 0.2) is 0 Å². The second-order valence-electron chi connectivity index (χ2n) is 4.13. The fourth-order valence-electron chi connectivity index (χ4n) is 1.67. The summed E-state index contributed by atoms with van der Waals surface area (Å²) in [5.41, 5.74) is -0.188. The number of rotatable bonds is 4. The monoisotopic (exact) mass is 184 g/mol. The van der Waals surface area contributed by atoms with Gasteiger partial charge in [0.05, 0.1) is 12.5 Å². The van der Waals surface area contributed by atoms with Gasteiger partial charge in [-0.2, -0.15) is 0 Å². The van der Waals surface area contributed by atoms with E-state index >= 15 is 0 Å². The number of esters is 1. The zero-order chi connectivity index (χ0) is 10.1. The van der Waals surface area contributed by atoms with Crippen molar-refractivity contribution < 1.29 is 14.3 Å². The van der Waals surface area contributed by atoms with Crippen LogP contribution in [0.1, 0.15) is 27.2 Å². The molecule has 1 aliphatic rings. The molecule has 0 amide bonds. The molecule has 3 nitrogen and oxygen atoms in total. The number of carbonyl (C=O) groups is 2. The number of carbonyl (C=O) groups excluding carboxylic acids is 2. The molecule has 3 heteroatoms. The predicted octanol–water partition coefficient (Wildman–Crippen LogP) is 1.41. The lowest BCUT2D eigenvalue weighted by atomic mass is 10.1. The van der Waals surface area contributed by atoms with Gasteiger partial charge in [0, 0.05) is 5.92 Å². The van der Waals surface area contributed by atoms with E-state index < -0.39 is 0 Å². The average molecular weight is 184 g/mol. The van der Waals surface area contributed by atoms with E-state index in [4.69, 9.17) is 4.74 Å². The van der Waals surface area contributed by atoms with Gasteiger partial charge in [0.25, 0.3) is 0 Å². The fraction of sp³-hybridized carbons (Fsp3) is 0.800. The van der Waals surface area contributed by atoms with E-state index in [1.165, 1.54) is 0 Å². The zero-order valence-corrected chi connectivity index (χ0v) is 8.37. The van der Waals surface area contributed by atoms with E-state index in [9.17, 15) is 9.59 Å². The van der Waals surface area contributed by atoms with E-state index in [1.54, 1.807) is 0 Å². The van der Waals surface area contributed by atoms with Gasteiger partial charge in [-0.15, -0.1) is 0 Å². The van der Waals surface area contributed by atoms with E-state index in [0.717, 1.165) is 12.7 Å². The highest BCUT2D eigenvalue weighted by atomic mass is 16.5. The summed E-state index contributed by atoms with van der Waals surface area (Å²) in [4.78, 5) is 21.9. The molecule has 1 rings (SSSR count). The summed E-state index contributed by atoms with van der Waals surface area (Å²) in [6.45, 7) is 6.24. The first-order valence-electron chi connectivity index (χ1n) is 4.67. The average Bonchev–Trinajstić information content (AvgIpc) is 2.63. The third-order valence-corrected chi connectivity index (χ3v) is 2.76. The maximum absolute atomic E-state index is 11.4. The summed E-state index contributed by atoms with van der Waals surface area (Å²) in [7, 11) is 0. The molecule has 1 aliphatic carbocycles. The van der Waals surface area contributed by atoms with Crippen molar-refractivity contribution in [3.05, 3.63) is 0 Å². The molecule has 0 radical (unpaired) electrons. The van der Waals surface area contributed by atoms with E-state index in [0.29, 0.717) is 6.61 Å². The van der Waals surface area contributed by atoms with Crippen LogP contribution in [0.5, 0.6) is 0 Å². The van der Waals surface area contributed by atoms with Gasteiger partial charge in [-0.1, -0.05) is 20.8 Å². The molecular weight excluding hydrogens is 168 g/mol. The third-order valence-electron chi connectivity index (χ3n) is 2.76. The van der Waals surface area contributed by atoms with Crippen LogP contribution in [-0.2, 0) is 14.3 Å². The molecule has 0 spiro atoms. The lowest BCUT2D eigenvalue weighted by molar-refractivity contribution is -0.146. The first kappa shape index (κ1) is 10.2. The highest BCUT2D eigenvalue weighted by Crippen LogP contribution is 2.57. The zero-order valence-electron chi connectivity index (χ0n) is 8.37. The van der Waals surface area contributed by atoms with Crippen molar-refractivity contribution in [1.82, 2.24) is 0 Å². The Labute approximate surface area is 78.5 Å². The van der Waals surface area contributed by atoms with Gasteiger partial charge in [0.15, 0.2) is 0 Å². The second-order valence-corrected chi connectivity index (χ2v) is 4.13. The molecule has 1 fully saturated rings. The van der Waals surface area contributed by atoms with Gasteiger partial charge in [-0.3, -0.25) is 4.79 Å². The van der Waals surface area contributed by atoms with Crippen LogP contribution >= 0.6 is 0 Å². The molecule has 0 aromatic carbocycles. The van der Waals surface area contributed by atoms with Gasteiger partial charge in [0.2, 0.25) is 0 Å². The maximum Gasteiger partial charge on any atom is 0.310 e. The van der Waals surface area contributed by atoms with Gasteiger partial charge < -0.3 is 9.53 Å². The molecule has 2 atom stereocenters. The number of ether oxygens (including phenoxy) is 1. The summed E-state index contributed by atoms with van der Waals surface area (Å²) in [5.74, 6) is -0.572. The molecule has 74 valence electrons. The molecule has 0 saturated heterocycles. The van der Waals surface area contributed by atoms with Crippen LogP contribution in [0.25, 0.3) is 0 Å². The standard InChI is InChI=1S/C10H16O3/c1-4-5-13-9(12)8-7(6-11)10(8,2)3/h6-8H,4-5H2,1-3H3. The summed E-state index contributed by atoms with van der Waals surface area (Å²) >= 11 is 0. The highest BCUT2D eigenvalue weighted by Gasteiger charge is 2.62. The first-order valence-corrected chi connectivity index (χ1v) is 4.67. The van der Waals surface area contributed by atoms with E-state index in [-0.39, 0.29) is 23.2 Å². The summed E-state index contributed by atoms with van der Waals surface area (Å²) in [6.07, 6.45) is 1.68. The summed E-state index contributed by atoms with van der Waals surface area (Å²) < 4.78 is 4.98. The van der Waals surface area contributed by atoms with Gasteiger partial charge in [-0.25, -0.2) is 0 Å². The normalized spacial score (nSPS) is 29.5. The molecule has 2 unspecified atom stereocenters. The fourth-order valence-corrected chi connectivity index (χ4v) is 1.67. The molecule has 0 aromatic rings. The Bertz CT molecular complexity index is 220. The van der Waals surface area contributed by atoms with Crippen LogP contribution in [0, 0.1) is 17.3 Å². The molecule has 1 saturated carbocycles. The molecule has 0 heterocycles. The predicted molar refractivity (Wildman–Crippen MR) is 48.1 cm³/mol. The van der Waals surface area contributed by atoms with Crippen LogP contribution < -0.4 is 0 Å². The quantitative estimate of drug-likeness (QED) is 0.490. The molecule has 0 aliphatic heterocycles. The summed E-state index contributed by atoms with van der Waals surface area (Å²) in [6, 6.07) is 0. The van der Waals surface area contributed by atoms with Crippen molar-refractivity contribution in [1.29, 1.82) is 0 Å². The van der Waals surface area contributed by atoms with Crippen molar-refractivity contribution in [2.45, 2.75) is 27.2 Å². The van der Waals surface area contributed by atoms with Crippen LogP contribution in [-0.4, -0.2) is 18.9 Å².